The number of isocyanates is 1. The van der Waals surface area contributed by atoms with Crippen molar-refractivity contribution >= 4 is 6.08 Å². The van der Waals surface area contributed by atoms with E-state index in [0.29, 0.717) is 12.0 Å². The van der Waals surface area contributed by atoms with E-state index in [1.807, 2.05) is 0 Å². The highest BCUT2D eigenvalue weighted by atomic mass is 16.5. The standard InChI is InChI=1S/C11H19NO2/c1-9(2)7-14-11-5-3-10(4-6-11)12-8-13/h9-11H,3-7H2,1-2H3. The van der Waals surface area contributed by atoms with Crippen LogP contribution in [0, 0.1) is 5.92 Å². The molecule has 3 heteroatoms. The Morgan fingerprint density at radius 1 is 1.36 bits per heavy atom. The Hall–Kier alpha value is -0.660. The van der Waals surface area contributed by atoms with Crippen molar-refractivity contribution in [1.82, 2.24) is 0 Å². The van der Waals surface area contributed by atoms with Crippen LogP contribution in [0.5, 0.6) is 0 Å². The number of hydrogen-bond donors (Lipinski definition) is 0. The van der Waals surface area contributed by atoms with Gasteiger partial charge in [0.1, 0.15) is 0 Å². The van der Waals surface area contributed by atoms with E-state index in [-0.39, 0.29) is 6.04 Å². The molecule has 1 fully saturated rings. The first-order valence-corrected chi connectivity index (χ1v) is 5.41. The van der Waals surface area contributed by atoms with Gasteiger partial charge >= 0.3 is 0 Å². The van der Waals surface area contributed by atoms with Gasteiger partial charge in [-0.2, -0.15) is 0 Å². The topological polar surface area (TPSA) is 38.7 Å². The second-order valence-electron chi connectivity index (χ2n) is 4.38. The maximum Gasteiger partial charge on any atom is 0.235 e. The molecule has 0 heterocycles. The third-order valence-corrected chi connectivity index (χ3v) is 2.54. The summed E-state index contributed by atoms with van der Waals surface area (Å²) in [6, 6.07) is 0.200. The Labute approximate surface area is 85.6 Å². The molecule has 3 nitrogen and oxygen atoms in total. The molecule has 0 aliphatic heterocycles. The fourth-order valence-corrected chi connectivity index (χ4v) is 1.74. The van der Waals surface area contributed by atoms with E-state index in [1.165, 1.54) is 0 Å². The third-order valence-electron chi connectivity index (χ3n) is 2.54. The minimum atomic E-state index is 0.200. The van der Waals surface area contributed by atoms with Crippen molar-refractivity contribution in [3.8, 4) is 0 Å². The molecule has 0 saturated heterocycles. The molecular weight excluding hydrogens is 178 g/mol. The zero-order valence-electron chi connectivity index (χ0n) is 9.03. The maximum atomic E-state index is 10.0. The molecule has 1 aliphatic carbocycles. The van der Waals surface area contributed by atoms with Crippen molar-refractivity contribution in [2.75, 3.05) is 6.61 Å². The Kier molecular flexibility index (Phi) is 4.85. The van der Waals surface area contributed by atoms with Gasteiger partial charge in [0.25, 0.3) is 0 Å². The predicted octanol–water partition coefficient (Wildman–Crippen LogP) is 2.31. The molecule has 80 valence electrons. The van der Waals surface area contributed by atoms with E-state index in [4.69, 9.17) is 4.74 Å². The van der Waals surface area contributed by atoms with E-state index in [2.05, 4.69) is 18.8 Å². The zero-order chi connectivity index (χ0) is 10.4. The Morgan fingerprint density at radius 2 is 2.00 bits per heavy atom. The summed E-state index contributed by atoms with van der Waals surface area (Å²) in [4.78, 5) is 13.8. The molecular formula is C11H19NO2. The average Bonchev–Trinajstić information content (AvgIpc) is 2.17. The number of aliphatic imine (C=N–C) groups is 1. The summed E-state index contributed by atoms with van der Waals surface area (Å²) in [5.74, 6) is 0.598. The number of hydrogen-bond acceptors (Lipinski definition) is 3. The van der Waals surface area contributed by atoms with Gasteiger partial charge in [-0.05, 0) is 31.6 Å². The molecule has 0 amide bonds. The first kappa shape index (κ1) is 11.4. The normalized spacial score (nSPS) is 27.4. The summed E-state index contributed by atoms with van der Waals surface area (Å²) in [7, 11) is 0. The van der Waals surface area contributed by atoms with Crippen molar-refractivity contribution in [3.05, 3.63) is 0 Å². The summed E-state index contributed by atoms with van der Waals surface area (Å²) in [6.45, 7) is 5.15. The van der Waals surface area contributed by atoms with Gasteiger partial charge in [0.15, 0.2) is 0 Å². The summed E-state index contributed by atoms with van der Waals surface area (Å²) in [6.07, 6.45) is 6.02. The third kappa shape index (κ3) is 4.03. The van der Waals surface area contributed by atoms with Crippen LogP contribution in [0.3, 0.4) is 0 Å². The lowest BCUT2D eigenvalue weighted by Crippen LogP contribution is -2.24. The van der Waals surface area contributed by atoms with Crippen LogP contribution in [0.15, 0.2) is 4.99 Å². The molecule has 0 unspecified atom stereocenters. The van der Waals surface area contributed by atoms with Crippen LogP contribution in [0.1, 0.15) is 39.5 Å². The Bertz CT molecular complexity index is 201. The van der Waals surface area contributed by atoms with Crippen LogP contribution in [0.2, 0.25) is 0 Å². The maximum absolute atomic E-state index is 10.0. The smallest absolute Gasteiger partial charge is 0.235 e. The number of carbonyl (C=O) groups excluding carboxylic acids is 1. The lowest BCUT2D eigenvalue weighted by atomic mass is 9.93. The van der Waals surface area contributed by atoms with Crippen LogP contribution in [-0.2, 0) is 9.53 Å². The fraction of sp³-hybridized carbons (Fsp3) is 0.909. The average molecular weight is 197 g/mol. The fourth-order valence-electron chi connectivity index (χ4n) is 1.74. The van der Waals surface area contributed by atoms with Crippen LogP contribution >= 0.6 is 0 Å². The number of rotatable bonds is 4. The molecule has 0 aromatic carbocycles. The first-order valence-electron chi connectivity index (χ1n) is 5.41. The molecule has 0 spiro atoms. The number of ether oxygens (including phenoxy) is 1. The zero-order valence-corrected chi connectivity index (χ0v) is 9.03. The SMILES string of the molecule is CC(C)COC1CCC(N=C=O)CC1. The summed E-state index contributed by atoms with van der Waals surface area (Å²) >= 11 is 0. The quantitative estimate of drug-likeness (QED) is 0.512. The molecule has 0 bridgehead atoms. The molecule has 14 heavy (non-hydrogen) atoms. The van der Waals surface area contributed by atoms with Gasteiger partial charge in [-0.15, -0.1) is 0 Å². The summed E-state index contributed by atoms with van der Waals surface area (Å²) in [5, 5.41) is 0. The Morgan fingerprint density at radius 3 is 2.50 bits per heavy atom. The van der Waals surface area contributed by atoms with Crippen molar-refractivity contribution in [1.29, 1.82) is 0 Å². The minimum Gasteiger partial charge on any atom is -0.378 e. The van der Waals surface area contributed by atoms with E-state index in [9.17, 15) is 4.79 Å². The molecule has 0 atom stereocenters. The van der Waals surface area contributed by atoms with Crippen LogP contribution in [0.4, 0.5) is 0 Å². The highest BCUT2D eigenvalue weighted by Gasteiger charge is 2.21. The predicted molar refractivity (Wildman–Crippen MR) is 55.0 cm³/mol. The van der Waals surface area contributed by atoms with Crippen LogP contribution < -0.4 is 0 Å². The molecule has 1 rings (SSSR count). The first-order chi connectivity index (χ1) is 6.72. The van der Waals surface area contributed by atoms with Crippen molar-refractivity contribution in [2.45, 2.75) is 51.7 Å². The van der Waals surface area contributed by atoms with Crippen molar-refractivity contribution in [2.24, 2.45) is 10.9 Å². The van der Waals surface area contributed by atoms with Gasteiger partial charge in [-0.1, -0.05) is 13.8 Å². The Balaban J connectivity index is 2.18. The van der Waals surface area contributed by atoms with Crippen LogP contribution in [-0.4, -0.2) is 24.8 Å². The highest BCUT2D eigenvalue weighted by molar-refractivity contribution is 5.33. The molecule has 1 aliphatic rings. The largest absolute Gasteiger partial charge is 0.378 e. The number of nitrogens with zero attached hydrogens (tertiary/aromatic N) is 1. The lowest BCUT2D eigenvalue weighted by Gasteiger charge is -2.26. The van der Waals surface area contributed by atoms with Gasteiger partial charge in [-0.3, -0.25) is 0 Å². The monoisotopic (exact) mass is 197 g/mol. The van der Waals surface area contributed by atoms with Gasteiger partial charge in [0.2, 0.25) is 6.08 Å². The molecule has 0 radical (unpaired) electrons. The summed E-state index contributed by atoms with van der Waals surface area (Å²) in [5.41, 5.74) is 0. The minimum absolute atomic E-state index is 0.200. The molecule has 0 aromatic heterocycles. The molecule has 0 N–H and O–H groups in total. The van der Waals surface area contributed by atoms with E-state index in [0.717, 1.165) is 32.3 Å². The van der Waals surface area contributed by atoms with E-state index >= 15 is 0 Å². The van der Waals surface area contributed by atoms with Crippen LogP contribution in [0.25, 0.3) is 0 Å². The summed E-state index contributed by atoms with van der Waals surface area (Å²) < 4.78 is 5.73. The van der Waals surface area contributed by atoms with Gasteiger partial charge in [0, 0.05) is 6.61 Å². The highest BCUT2D eigenvalue weighted by Crippen LogP contribution is 2.23. The molecule has 1 saturated carbocycles. The van der Waals surface area contributed by atoms with Gasteiger partial charge < -0.3 is 4.74 Å². The van der Waals surface area contributed by atoms with Crippen molar-refractivity contribution < 1.29 is 9.53 Å². The van der Waals surface area contributed by atoms with E-state index in [1.54, 1.807) is 6.08 Å². The van der Waals surface area contributed by atoms with Crippen molar-refractivity contribution in [3.63, 3.8) is 0 Å². The van der Waals surface area contributed by atoms with Gasteiger partial charge in [0.05, 0.1) is 12.1 Å². The molecule has 0 aromatic rings. The van der Waals surface area contributed by atoms with Gasteiger partial charge in [-0.25, -0.2) is 9.79 Å². The second-order valence-corrected chi connectivity index (χ2v) is 4.38. The lowest BCUT2D eigenvalue weighted by molar-refractivity contribution is 0.0110. The second kappa shape index (κ2) is 5.94. The van der Waals surface area contributed by atoms with E-state index < -0.39 is 0 Å².